The number of halogens is 4. The molecule has 0 bridgehead atoms. The zero-order valence-corrected chi connectivity index (χ0v) is 13.5. The monoisotopic (exact) mass is 352 g/mol. The maximum absolute atomic E-state index is 13.9. The SMILES string of the molecule is CC1=CSC(c2ccc(C(F)(F)F)cc2)[N+]1=Cc1ccccc1F. The smallest absolute Gasteiger partial charge is 0.206 e. The number of hydrogen-bond acceptors (Lipinski definition) is 1. The van der Waals surface area contributed by atoms with Gasteiger partial charge in [0.25, 0.3) is 0 Å². The molecule has 3 rings (SSSR count). The lowest BCUT2D eigenvalue weighted by atomic mass is 10.1. The van der Waals surface area contributed by atoms with Gasteiger partial charge in [0.05, 0.1) is 11.1 Å². The van der Waals surface area contributed by atoms with Crippen LogP contribution in [-0.4, -0.2) is 10.8 Å². The van der Waals surface area contributed by atoms with Crippen molar-refractivity contribution in [3.63, 3.8) is 0 Å². The van der Waals surface area contributed by atoms with Gasteiger partial charge in [0, 0.05) is 17.9 Å². The van der Waals surface area contributed by atoms with E-state index in [2.05, 4.69) is 0 Å². The van der Waals surface area contributed by atoms with Crippen LogP contribution >= 0.6 is 11.8 Å². The minimum absolute atomic E-state index is 0.216. The van der Waals surface area contributed by atoms with E-state index >= 15 is 0 Å². The average Bonchev–Trinajstić information content (AvgIpc) is 2.90. The molecule has 124 valence electrons. The van der Waals surface area contributed by atoms with Crippen molar-refractivity contribution in [1.29, 1.82) is 0 Å². The van der Waals surface area contributed by atoms with Crippen molar-refractivity contribution in [2.75, 3.05) is 0 Å². The summed E-state index contributed by atoms with van der Waals surface area (Å²) in [6.45, 7) is 1.88. The molecule has 24 heavy (non-hydrogen) atoms. The molecule has 0 aromatic heterocycles. The summed E-state index contributed by atoms with van der Waals surface area (Å²) in [5.74, 6) is -0.339. The molecule has 0 radical (unpaired) electrons. The van der Waals surface area contributed by atoms with Gasteiger partial charge in [-0.3, -0.25) is 0 Å². The van der Waals surface area contributed by atoms with Crippen molar-refractivity contribution in [3.8, 4) is 0 Å². The normalized spacial score (nSPS) is 19.6. The Labute approximate surface area is 141 Å². The molecule has 6 heteroatoms. The number of nitrogens with zero attached hydrogens (tertiary/aromatic N) is 1. The van der Waals surface area contributed by atoms with Crippen LogP contribution in [0.2, 0.25) is 0 Å². The molecule has 0 N–H and O–H groups in total. The van der Waals surface area contributed by atoms with Gasteiger partial charge in [-0.05, 0) is 36.0 Å². The van der Waals surface area contributed by atoms with E-state index < -0.39 is 11.7 Å². The molecule has 2 aromatic rings. The van der Waals surface area contributed by atoms with E-state index in [-0.39, 0.29) is 11.2 Å². The van der Waals surface area contributed by atoms with E-state index in [4.69, 9.17) is 0 Å². The molecule has 1 unspecified atom stereocenters. The Kier molecular flexibility index (Phi) is 4.49. The number of alkyl halides is 3. The fourth-order valence-corrected chi connectivity index (χ4v) is 3.57. The number of allylic oxidation sites excluding steroid dienone is 1. The van der Waals surface area contributed by atoms with Crippen LogP contribution in [0.25, 0.3) is 0 Å². The second kappa shape index (κ2) is 6.43. The first-order valence-electron chi connectivity index (χ1n) is 7.23. The van der Waals surface area contributed by atoms with Gasteiger partial charge in [-0.2, -0.15) is 17.7 Å². The summed E-state index contributed by atoms with van der Waals surface area (Å²) < 4.78 is 53.8. The highest BCUT2D eigenvalue weighted by Crippen LogP contribution is 2.40. The second-order valence-electron chi connectivity index (χ2n) is 5.43. The lowest BCUT2D eigenvalue weighted by molar-refractivity contribution is -0.488. The molecule has 1 heterocycles. The van der Waals surface area contributed by atoms with Gasteiger partial charge in [0.2, 0.25) is 5.37 Å². The van der Waals surface area contributed by atoms with Crippen LogP contribution in [0.4, 0.5) is 17.6 Å². The molecule has 0 saturated carbocycles. The summed E-state index contributed by atoms with van der Waals surface area (Å²) in [6, 6.07) is 11.5. The van der Waals surface area contributed by atoms with Crippen LogP contribution in [0.1, 0.15) is 29.0 Å². The third kappa shape index (κ3) is 3.38. The zero-order valence-electron chi connectivity index (χ0n) is 12.7. The third-order valence-corrected chi connectivity index (χ3v) is 4.97. The van der Waals surface area contributed by atoms with Gasteiger partial charge < -0.3 is 0 Å². The molecule has 1 aliphatic heterocycles. The lowest BCUT2D eigenvalue weighted by Crippen LogP contribution is -2.13. The molecule has 2 aromatic carbocycles. The Balaban J connectivity index is 1.95. The largest absolute Gasteiger partial charge is 0.416 e. The van der Waals surface area contributed by atoms with Gasteiger partial charge in [-0.25, -0.2) is 4.39 Å². The molecule has 0 spiro atoms. The highest BCUT2D eigenvalue weighted by atomic mass is 32.2. The Morgan fingerprint density at radius 2 is 1.71 bits per heavy atom. The summed E-state index contributed by atoms with van der Waals surface area (Å²) in [6.07, 6.45) is -2.67. The minimum atomic E-state index is -4.35. The summed E-state index contributed by atoms with van der Waals surface area (Å²) in [4.78, 5) is 0. The first-order chi connectivity index (χ1) is 11.4. The van der Waals surface area contributed by atoms with Crippen LogP contribution in [-0.2, 0) is 6.18 Å². The minimum Gasteiger partial charge on any atom is -0.206 e. The fourth-order valence-electron chi connectivity index (χ4n) is 2.45. The lowest BCUT2D eigenvalue weighted by Gasteiger charge is -2.11. The van der Waals surface area contributed by atoms with Crippen molar-refractivity contribution >= 4 is 18.0 Å². The van der Waals surface area contributed by atoms with Crippen molar-refractivity contribution in [1.82, 2.24) is 0 Å². The molecule has 0 aliphatic carbocycles. The van der Waals surface area contributed by atoms with Crippen molar-refractivity contribution in [2.45, 2.75) is 18.5 Å². The molecular formula is C18H14F4NS+. The maximum atomic E-state index is 13.9. The van der Waals surface area contributed by atoms with E-state index in [1.807, 2.05) is 16.9 Å². The zero-order chi connectivity index (χ0) is 17.3. The van der Waals surface area contributed by atoms with Crippen molar-refractivity contribution in [2.24, 2.45) is 0 Å². The third-order valence-electron chi connectivity index (χ3n) is 3.73. The van der Waals surface area contributed by atoms with Gasteiger partial charge in [0.15, 0.2) is 11.9 Å². The maximum Gasteiger partial charge on any atom is 0.416 e. The van der Waals surface area contributed by atoms with Gasteiger partial charge in [-0.15, -0.1) is 0 Å². The molecule has 0 saturated heterocycles. The first kappa shape index (κ1) is 16.8. The van der Waals surface area contributed by atoms with Crippen LogP contribution in [0.5, 0.6) is 0 Å². The topological polar surface area (TPSA) is 3.01 Å². The van der Waals surface area contributed by atoms with Gasteiger partial charge in [-0.1, -0.05) is 24.3 Å². The van der Waals surface area contributed by atoms with Crippen LogP contribution in [0, 0.1) is 5.82 Å². The summed E-state index contributed by atoms with van der Waals surface area (Å²) >= 11 is 1.48. The summed E-state index contributed by atoms with van der Waals surface area (Å²) in [5.41, 5.74) is 1.40. The molecule has 1 atom stereocenters. The standard InChI is InChI=1S/C18H14F4NS/c1-12-11-24-17(13-6-8-15(9-7-13)18(20,21)22)23(12)10-14-4-2-3-5-16(14)19/h2-11,17H,1H3/q+1. The van der Waals surface area contributed by atoms with Crippen LogP contribution in [0.15, 0.2) is 59.6 Å². The fraction of sp³-hybridized carbons (Fsp3) is 0.167. The van der Waals surface area contributed by atoms with E-state index in [1.165, 1.54) is 30.0 Å². The molecular weight excluding hydrogens is 338 g/mol. The Morgan fingerprint density at radius 1 is 1.04 bits per heavy atom. The van der Waals surface area contributed by atoms with E-state index in [0.29, 0.717) is 5.56 Å². The highest BCUT2D eigenvalue weighted by molar-refractivity contribution is 8.02. The number of hydrogen-bond donors (Lipinski definition) is 0. The first-order valence-corrected chi connectivity index (χ1v) is 8.17. The Hall–Kier alpha value is -2.08. The highest BCUT2D eigenvalue weighted by Gasteiger charge is 2.34. The predicted octanol–water partition coefficient (Wildman–Crippen LogP) is 5.58. The van der Waals surface area contributed by atoms with Crippen molar-refractivity contribution in [3.05, 3.63) is 82.1 Å². The molecule has 0 fully saturated rings. The molecule has 1 aliphatic rings. The van der Waals surface area contributed by atoms with E-state index in [1.54, 1.807) is 24.4 Å². The van der Waals surface area contributed by atoms with Crippen LogP contribution < -0.4 is 0 Å². The molecule has 0 amide bonds. The van der Waals surface area contributed by atoms with Crippen molar-refractivity contribution < 1.29 is 22.1 Å². The average molecular weight is 352 g/mol. The Bertz CT molecular complexity index is 807. The summed E-state index contributed by atoms with van der Waals surface area (Å²) in [7, 11) is 0. The van der Waals surface area contributed by atoms with Gasteiger partial charge in [0.1, 0.15) is 5.82 Å². The number of rotatable bonds is 2. The quantitative estimate of drug-likeness (QED) is 0.503. The van der Waals surface area contributed by atoms with E-state index in [9.17, 15) is 17.6 Å². The number of benzene rings is 2. The van der Waals surface area contributed by atoms with Gasteiger partial charge >= 0.3 is 6.18 Å². The van der Waals surface area contributed by atoms with Crippen LogP contribution in [0.3, 0.4) is 0 Å². The molecule has 1 nitrogen and oxygen atoms in total. The number of thioether (sulfide) groups is 1. The Morgan fingerprint density at radius 3 is 2.33 bits per heavy atom. The summed E-state index contributed by atoms with van der Waals surface area (Å²) in [5, 5.41) is 1.70. The predicted molar refractivity (Wildman–Crippen MR) is 87.4 cm³/mol. The van der Waals surface area contributed by atoms with E-state index in [0.717, 1.165) is 23.4 Å². The second-order valence-corrected chi connectivity index (χ2v) is 6.38.